The van der Waals surface area contributed by atoms with Crippen LogP contribution in [-0.4, -0.2) is 12.4 Å². The first-order valence-electron chi connectivity index (χ1n) is 6.62. The van der Waals surface area contributed by atoms with Gasteiger partial charge in [0.1, 0.15) is 17.2 Å². The van der Waals surface area contributed by atoms with Crippen LogP contribution in [0.25, 0.3) is 0 Å². The molecule has 2 aromatic rings. The molecule has 2 aromatic carbocycles. The summed E-state index contributed by atoms with van der Waals surface area (Å²) >= 11 is 3.48. The highest BCUT2D eigenvalue weighted by Crippen LogP contribution is 2.31. The highest BCUT2D eigenvalue weighted by molar-refractivity contribution is 9.09. The Bertz CT molecular complexity index is 570. The second kappa shape index (κ2) is 6.80. The Balaban J connectivity index is 2.28. The van der Waals surface area contributed by atoms with Gasteiger partial charge in [-0.1, -0.05) is 34.1 Å². The zero-order valence-electron chi connectivity index (χ0n) is 12.1. The zero-order valence-corrected chi connectivity index (χ0v) is 13.7. The van der Waals surface area contributed by atoms with Crippen LogP contribution in [0.2, 0.25) is 0 Å². The average molecular weight is 335 g/mol. The Hall–Kier alpha value is -1.48. The number of hydrogen-bond donors (Lipinski definition) is 0. The van der Waals surface area contributed by atoms with E-state index in [2.05, 4.69) is 41.9 Å². The number of rotatable bonds is 5. The van der Waals surface area contributed by atoms with E-state index in [1.807, 2.05) is 24.3 Å². The summed E-state index contributed by atoms with van der Waals surface area (Å²) in [5, 5.41) is 0.974. The van der Waals surface area contributed by atoms with E-state index in [0.29, 0.717) is 0 Å². The molecule has 0 aliphatic carbocycles. The molecule has 2 rings (SSSR count). The molecular weight excluding hydrogens is 316 g/mol. The van der Waals surface area contributed by atoms with Crippen molar-refractivity contribution in [1.82, 2.24) is 0 Å². The number of benzene rings is 2. The summed E-state index contributed by atoms with van der Waals surface area (Å²) in [4.78, 5) is 0. The molecule has 20 heavy (non-hydrogen) atoms. The van der Waals surface area contributed by atoms with Gasteiger partial charge in [-0.05, 0) is 49.1 Å². The largest absolute Gasteiger partial charge is 0.497 e. The third-order valence-corrected chi connectivity index (χ3v) is 3.56. The molecule has 0 bridgehead atoms. The molecule has 0 amide bonds. The lowest BCUT2D eigenvalue weighted by atomic mass is 10.0. The Morgan fingerprint density at radius 1 is 1.00 bits per heavy atom. The molecule has 0 N–H and O–H groups in total. The predicted molar refractivity (Wildman–Crippen MR) is 86.5 cm³/mol. The summed E-state index contributed by atoms with van der Waals surface area (Å²) in [6.07, 6.45) is 1.03. The first kappa shape index (κ1) is 14.9. The molecule has 0 spiro atoms. The Morgan fingerprint density at radius 2 is 1.65 bits per heavy atom. The summed E-state index contributed by atoms with van der Waals surface area (Å²) in [5.74, 6) is 2.52. The molecule has 0 atom stereocenters. The van der Waals surface area contributed by atoms with E-state index in [0.717, 1.165) is 40.1 Å². The van der Waals surface area contributed by atoms with E-state index in [4.69, 9.17) is 9.47 Å². The number of halogens is 1. The lowest BCUT2D eigenvalue weighted by molar-refractivity contribution is 0.408. The standard InChI is InChI=1S/C17H19BrO2/c1-12-9-14(7-8-18)10-13(2)17(12)20-16-6-4-5-15(11-16)19-3/h4-6,9-11H,7-8H2,1-3H3. The van der Waals surface area contributed by atoms with E-state index >= 15 is 0 Å². The van der Waals surface area contributed by atoms with Crippen LogP contribution in [-0.2, 0) is 6.42 Å². The van der Waals surface area contributed by atoms with Crippen molar-refractivity contribution >= 4 is 15.9 Å². The van der Waals surface area contributed by atoms with Gasteiger partial charge in [0.2, 0.25) is 0 Å². The lowest BCUT2D eigenvalue weighted by Gasteiger charge is -2.14. The maximum Gasteiger partial charge on any atom is 0.133 e. The molecule has 2 nitrogen and oxygen atoms in total. The lowest BCUT2D eigenvalue weighted by Crippen LogP contribution is -1.95. The third-order valence-electron chi connectivity index (χ3n) is 3.16. The fourth-order valence-corrected chi connectivity index (χ4v) is 2.69. The molecule has 106 valence electrons. The van der Waals surface area contributed by atoms with E-state index in [-0.39, 0.29) is 0 Å². The molecule has 0 unspecified atom stereocenters. The molecule has 0 fully saturated rings. The zero-order chi connectivity index (χ0) is 14.5. The van der Waals surface area contributed by atoms with Crippen LogP contribution in [0.5, 0.6) is 17.2 Å². The monoisotopic (exact) mass is 334 g/mol. The number of ether oxygens (including phenoxy) is 2. The fourth-order valence-electron chi connectivity index (χ4n) is 2.24. The van der Waals surface area contributed by atoms with Crippen LogP contribution >= 0.6 is 15.9 Å². The Labute approximate surface area is 128 Å². The van der Waals surface area contributed by atoms with E-state index < -0.39 is 0 Å². The van der Waals surface area contributed by atoms with Crippen molar-refractivity contribution in [2.75, 3.05) is 12.4 Å². The SMILES string of the molecule is COc1cccc(Oc2c(C)cc(CCBr)cc2C)c1. The maximum absolute atomic E-state index is 6.02. The van der Waals surface area contributed by atoms with Crippen LogP contribution < -0.4 is 9.47 Å². The van der Waals surface area contributed by atoms with Gasteiger partial charge in [0.15, 0.2) is 0 Å². The Morgan fingerprint density at radius 3 is 2.25 bits per heavy atom. The molecule has 0 saturated heterocycles. The molecule has 0 aliphatic heterocycles. The van der Waals surface area contributed by atoms with Crippen LogP contribution in [0.4, 0.5) is 0 Å². The Kier molecular flexibility index (Phi) is 5.07. The number of hydrogen-bond acceptors (Lipinski definition) is 2. The minimum atomic E-state index is 0.795. The van der Waals surface area contributed by atoms with Gasteiger partial charge in [-0.2, -0.15) is 0 Å². The number of methoxy groups -OCH3 is 1. The van der Waals surface area contributed by atoms with Gasteiger partial charge in [0.25, 0.3) is 0 Å². The first-order valence-corrected chi connectivity index (χ1v) is 7.74. The van der Waals surface area contributed by atoms with Gasteiger partial charge in [0, 0.05) is 11.4 Å². The summed E-state index contributed by atoms with van der Waals surface area (Å²) in [6, 6.07) is 12.0. The summed E-state index contributed by atoms with van der Waals surface area (Å²) in [6.45, 7) is 4.17. The van der Waals surface area contributed by atoms with Crippen molar-refractivity contribution in [1.29, 1.82) is 0 Å². The number of alkyl halides is 1. The molecular formula is C17H19BrO2. The second-order valence-corrected chi connectivity index (χ2v) is 5.57. The topological polar surface area (TPSA) is 18.5 Å². The van der Waals surface area contributed by atoms with E-state index in [1.165, 1.54) is 5.56 Å². The fraction of sp³-hybridized carbons (Fsp3) is 0.294. The van der Waals surface area contributed by atoms with Crippen LogP contribution in [0.1, 0.15) is 16.7 Å². The first-order chi connectivity index (χ1) is 9.63. The summed E-state index contributed by atoms with van der Waals surface area (Å²) in [7, 11) is 1.66. The molecule has 0 heterocycles. The van der Waals surface area contributed by atoms with Crippen molar-refractivity contribution in [3.63, 3.8) is 0 Å². The average Bonchev–Trinajstić information content (AvgIpc) is 2.43. The molecule has 0 radical (unpaired) electrons. The summed E-state index contributed by atoms with van der Waals surface area (Å²) < 4.78 is 11.2. The second-order valence-electron chi connectivity index (χ2n) is 4.78. The predicted octanol–water partition coefficient (Wildman–Crippen LogP) is 5.04. The van der Waals surface area contributed by atoms with Gasteiger partial charge < -0.3 is 9.47 Å². The maximum atomic E-state index is 6.02. The van der Waals surface area contributed by atoms with Gasteiger partial charge in [0.05, 0.1) is 7.11 Å². The van der Waals surface area contributed by atoms with Gasteiger partial charge in [-0.3, -0.25) is 0 Å². The number of aryl methyl sites for hydroxylation is 3. The van der Waals surface area contributed by atoms with Crippen molar-refractivity contribution in [3.05, 3.63) is 53.1 Å². The van der Waals surface area contributed by atoms with E-state index in [9.17, 15) is 0 Å². The van der Waals surface area contributed by atoms with Crippen molar-refractivity contribution in [3.8, 4) is 17.2 Å². The minimum Gasteiger partial charge on any atom is -0.497 e. The third kappa shape index (κ3) is 3.54. The molecule has 0 aliphatic rings. The van der Waals surface area contributed by atoms with Crippen molar-refractivity contribution in [2.24, 2.45) is 0 Å². The van der Waals surface area contributed by atoms with Crippen LogP contribution in [0, 0.1) is 13.8 Å². The highest BCUT2D eigenvalue weighted by Gasteiger charge is 2.08. The van der Waals surface area contributed by atoms with Crippen molar-refractivity contribution < 1.29 is 9.47 Å². The summed E-state index contributed by atoms with van der Waals surface area (Å²) in [5.41, 5.74) is 3.64. The molecule has 0 saturated carbocycles. The molecule has 0 aromatic heterocycles. The smallest absolute Gasteiger partial charge is 0.133 e. The van der Waals surface area contributed by atoms with Crippen LogP contribution in [0.15, 0.2) is 36.4 Å². The van der Waals surface area contributed by atoms with Gasteiger partial charge in [-0.25, -0.2) is 0 Å². The highest BCUT2D eigenvalue weighted by atomic mass is 79.9. The van der Waals surface area contributed by atoms with Gasteiger partial charge >= 0.3 is 0 Å². The van der Waals surface area contributed by atoms with Crippen molar-refractivity contribution in [2.45, 2.75) is 20.3 Å². The van der Waals surface area contributed by atoms with E-state index in [1.54, 1.807) is 7.11 Å². The van der Waals surface area contributed by atoms with Crippen LogP contribution in [0.3, 0.4) is 0 Å². The molecule has 3 heteroatoms. The minimum absolute atomic E-state index is 0.795. The quantitative estimate of drug-likeness (QED) is 0.713. The van der Waals surface area contributed by atoms with Gasteiger partial charge in [-0.15, -0.1) is 0 Å². The normalized spacial score (nSPS) is 10.4.